The second-order valence-corrected chi connectivity index (χ2v) is 10.2. The lowest BCUT2D eigenvalue weighted by Crippen LogP contribution is -2.34. The SMILES string of the molecule is CC(O)N(CCC1=CCCCCCCC1)c1ccc(C(C(=O)O)C2=CCCCCCCC2)cc1. The van der Waals surface area contributed by atoms with Crippen LogP contribution in [0, 0.1) is 0 Å². The number of anilines is 1. The lowest BCUT2D eigenvalue weighted by molar-refractivity contribution is -0.137. The fraction of sp³-hybridized carbons (Fsp3) is 0.633. The summed E-state index contributed by atoms with van der Waals surface area (Å²) in [4.78, 5) is 14.3. The summed E-state index contributed by atoms with van der Waals surface area (Å²) in [6.45, 7) is 2.59. The molecule has 0 aliphatic heterocycles. The first-order chi connectivity index (χ1) is 16.6. The Morgan fingerprint density at radius 1 is 0.853 bits per heavy atom. The van der Waals surface area contributed by atoms with Crippen LogP contribution in [0.2, 0.25) is 0 Å². The Balaban J connectivity index is 1.71. The number of benzene rings is 1. The smallest absolute Gasteiger partial charge is 0.315 e. The van der Waals surface area contributed by atoms with Crippen molar-refractivity contribution in [2.24, 2.45) is 0 Å². The highest BCUT2D eigenvalue weighted by Crippen LogP contribution is 2.32. The van der Waals surface area contributed by atoms with Crippen LogP contribution < -0.4 is 4.90 Å². The molecular formula is C30H45NO3. The molecule has 0 bridgehead atoms. The molecule has 2 aliphatic carbocycles. The van der Waals surface area contributed by atoms with Crippen LogP contribution in [-0.2, 0) is 4.79 Å². The predicted octanol–water partition coefficient (Wildman–Crippen LogP) is 7.73. The van der Waals surface area contributed by atoms with E-state index in [1.54, 1.807) is 0 Å². The molecular weight excluding hydrogens is 422 g/mol. The van der Waals surface area contributed by atoms with E-state index in [4.69, 9.17) is 0 Å². The average molecular weight is 468 g/mol. The Morgan fingerprint density at radius 3 is 2.09 bits per heavy atom. The normalized spacial score (nSPS) is 20.2. The summed E-state index contributed by atoms with van der Waals surface area (Å²) in [6.07, 6.45) is 21.6. The molecule has 0 fully saturated rings. The van der Waals surface area contributed by atoms with E-state index in [1.165, 1.54) is 69.8 Å². The highest BCUT2D eigenvalue weighted by molar-refractivity contribution is 5.80. The van der Waals surface area contributed by atoms with Crippen molar-refractivity contribution in [3.63, 3.8) is 0 Å². The minimum absolute atomic E-state index is 0.573. The standard InChI is InChI=1S/C30H45NO3/c1-24(32)31(23-22-25-14-10-6-2-3-7-11-15-25)28-20-18-27(19-21-28)29(30(33)34)26-16-12-8-4-5-9-13-17-26/h14,16,18-21,24,29,32H,2-13,15,17,22-23H2,1H3,(H,33,34). The van der Waals surface area contributed by atoms with Gasteiger partial charge in [-0.05, 0) is 82.4 Å². The Bertz CT molecular complexity index is 809. The topological polar surface area (TPSA) is 60.8 Å². The monoisotopic (exact) mass is 467 g/mol. The van der Waals surface area contributed by atoms with Crippen molar-refractivity contribution in [2.75, 3.05) is 11.4 Å². The van der Waals surface area contributed by atoms with Crippen LogP contribution in [-0.4, -0.2) is 29.0 Å². The van der Waals surface area contributed by atoms with Crippen molar-refractivity contribution in [3.8, 4) is 0 Å². The molecule has 0 saturated carbocycles. The minimum Gasteiger partial charge on any atom is -0.481 e. The first kappa shape index (κ1) is 26.5. The van der Waals surface area contributed by atoms with Gasteiger partial charge in [-0.15, -0.1) is 0 Å². The lowest BCUT2D eigenvalue weighted by atomic mass is 9.87. The molecule has 34 heavy (non-hydrogen) atoms. The van der Waals surface area contributed by atoms with Crippen molar-refractivity contribution < 1.29 is 15.0 Å². The van der Waals surface area contributed by atoms with Crippen LogP contribution in [0.1, 0.15) is 115 Å². The maximum Gasteiger partial charge on any atom is 0.315 e. The molecule has 4 heteroatoms. The number of nitrogens with zero attached hydrogens (tertiary/aromatic N) is 1. The number of carbonyl (C=O) groups is 1. The van der Waals surface area contributed by atoms with E-state index in [-0.39, 0.29) is 0 Å². The molecule has 1 aromatic rings. The predicted molar refractivity (Wildman–Crippen MR) is 141 cm³/mol. The molecule has 0 radical (unpaired) electrons. The van der Waals surface area contributed by atoms with Gasteiger partial charge in [0.2, 0.25) is 0 Å². The van der Waals surface area contributed by atoms with Gasteiger partial charge >= 0.3 is 5.97 Å². The molecule has 2 atom stereocenters. The maximum atomic E-state index is 12.3. The molecule has 3 rings (SSSR count). The number of allylic oxidation sites excluding steroid dienone is 2. The highest BCUT2D eigenvalue weighted by atomic mass is 16.4. The van der Waals surface area contributed by atoms with E-state index in [0.29, 0.717) is 0 Å². The van der Waals surface area contributed by atoms with Gasteiger partial charge < -0.3 is 15.1 Å². The summed E-state index contributed by atoms with van der Waals surface area (Å²) in [5, 5.41) is 20.6. The fourth-order valence-corrected chi connectivity index (χ4v) is 5.49. The molecule has 4 nitrogen and oxygen atoms in total. The molecule has 0 amide bonds. The van der Waals surface area contributed by atoms with Gasteiger partial charge in [-0.1, -0.05) is 74.0 Å². The number of carboxylic acid groups (broad SMARTS) is 1. The summed E-state index contributed by atoms with van der Waals surface area (Å²) in [7, 11) is 0. The van der Waals surface area contributed by atoms with Gasteiger partial charge in [0, 0.05) is 12.2 Å². The average Bonchev–Trinajstić information content (AvgIpc) is 3.04. The Morgan fingerprint density at radius 2 is 1.44 bits per heavy atom. The Kier molecular flexibility index (Phi) is 11.2. The fourth-order valence-electron chi connectivity index (χ4n) is 5.49. The van der Waals surface area contributed by atoms with E-state index in [1.807, 2.05) is 36.1 Å². The number of hydrogen-bond donors (Lipinski definition) is 2. The second-order valence-electron chi connectivity index (χ2n) is 10.2. The number of hydrogen-bond acceptors (Lipinski definition) is 3. The highest BCUT2D eigenvalue weighted by Gasteiger charge is 2.25. The van der Waals surface area contributed by atoms with Crippen molar-refractivity contribution in [2.45, 2.75) is 115 Å². The van der Waals surface area contributed by atoms with Crippen LogP contribution in [0.15, 0.2) is 47.6 Å². The number of carboxylic acids is 1. The van der Waals surface area contributed by atoms with E-state index in [9.17, 15) is 15.0 Å². The second kappa shape index (κ2) is 14.4. The molecule has 188 valence electrons. The molecule has 0 saturated heterocycles. The molecule has 1 aromatic carbocycles. The zero-order chi connectivity index (χ0) is 24.2. The largest absolute Gasteiger partial charge is 0.481 e. The Hall–Kier alpha value is -2.07. The van der Waals surface area contributed by atoms with Gasteiger partial charge in [0.15, 0.2) is 0 Å². The van der Waals surface area contributed by atoms with Crippen molar-refractivity contribution >= 4 is 11.7 Å². The van der Waals surface area contributed by atoms with Crippen LogP contribution >= 0.6 is 0 Å². The minimum atomic E-state index is -0.766. The van der Waals surface area contributed by atoms with E-state index < -0.39 is 18.1 Å². The summed E-state index contributed by atoms with van der Waals surface area (Å²) in [5.41, 5.74) is 4.37. The van der Waals surface area contributed by atoms with E-state index in [2.05, 4.69) is 12.2 Å². The molecule has 0 spiro atoms. The van der Waals surface area contributed by atoms with E-state index >= 15 is 0 Å². The molecule has 2 N–H and O–H groups in total. The number of rotatable bonds is 8. The lowest BCUT2D eigenvalue weighted by Gasteiger charge is -2.29. The van der Waals surface area contributed by atoms with Gasteiger partial charge in [-0.2, -0.15) is 0 Å². The number of aliphatic hydroxyl groups excluding tert-OH is 1. The summed E-state index contributed by atoms with van der Waals surface area (Å²) >= 11 is 0. The summed E-state index contributed by atoms with van der Waals surface area (Å²) < 4.78 is 0. The van der Waals surface area contributed by atoms with Crippen LogP contribution in [0.5, 0.6) is 0 Å². The maximum absolute atomic E-state index is 12.3. The molecule has 0 heterocycles. The third-order valence-corrected chi connectivity index (χ3v) is 7.51. The zero-order valence-electron chi connectivity index (χ0n) is 21.2. The van der Waals surface area contributed by atoms with Crippen LogP contribution in [0.25, 0.3) is 0 Å². The van der Waals surface area contributed by atoms with Gasteiger partial charge in [-0.3, -0.25) is 4.79 Å². The summed E-state index contributed by atoms with van der Waals surface area (Å²) in [6, 6.07) is 7.89. The van der Waals surface area contributed by atoms with Gasteiger partial charge in [0.05, 0.1) is 0 Å². The Labute approximate surface area is 206 Å². The first-order valence-electron chi connectivity index (χ1n) is 13.7. The number of aliphatic hydroxyl groups is 1. The first-order valence-corrected chi connectivity index (χ1v) is 13.7. The molecule has 0 aromatic heterocycles. The van der Waals surface area contributed by atoms with Crippen LogP contribution in [0.4, 0.5) is 5.69 Å². The van der Waals surface area contributed by atoms with Gasteiger partial charge in [-0.25, -0.2) is 0 Å². The quantitative estimate of drug-likeness (QED) is 0.303. The van der Waals surface area contributed by atoms with E-state index in [0.717, 1.165) is 55.5 Å². The zero-order valence-corrected chi connectivity index (χ0v) is 21.2. The summed E-state index contributed by atoms with van der Waals surface area (Å²) in [5.74, 6) is -1.34. The van der Waals surface area contributed by atoms with Crippen LogP contribution in [0.3, 0.4) is 0 Å². The number of aliphatic carboxylic acids is 1. The van der Waals surface area contributed by atoms with Gasteiger partial charge in [0.25, 0.3) is 0 Å². The van der Waals surface area contributed by atoms with Gasteiger partial charge in [0.1, 0.15) is 12.1 Å². The van der Waals surface area contributed by atoms with Crippen molar-refractivity contribution in [1.29, 1.82) is 0 Å². The third-order valence-electron chi connectivity index (χ3n) is 7.51. The third kappa shape index (κ3) is 8.30. The van der Waals surface area contributed by atoms with Crippen molar-refractivity contribution in [3.05, 3.63) is 53.1 Å². The molecule has 2 aliphatic rings. The molecule has 2 unspecified atom stereocenters. The van der Waals surface area contributed by atoms with Crippen molar-refractivity contribution in [1.82, 2.24) is 0 Å².